The minimum atomic E-state index is -2.15. The standard InChI is InChI=1S/C22H40N2O15/c23-21(35)19(33)17(31)15(29)13(27)11(25)3-1-5-37-7-9-39-10-8-38-6-2-4-12(26)14(28)16(30)18(32)20(34)22(24)36/h13-20,27-34H,1-10H2,(H2,23,35)(H2,24,36)/t13-,14-,15+,16+,17-,18-,19-,20-/m0/s1. The van der Waals surface area contributed by atoms with Gasteiger partial charge in [0, 0.05) is 26.1 Å². The van der Waals surface area contributed by atoms with Crippen molar-refractivity contribution in [1.82, 2.24) is 0 Å². The van der Waals surface area contributed by atoms with Gasteiger partial charge in [-0.05, 0) is 12.8 Å². The highest BCUT2D eigenvalue weighted by atomic mass is 16.5. The number of nitrogens with two attached hydrogens (primary N) is 2. The lowest BCUT2D eigenvalue weighted by atomic mass is 9.98. The van der Waals surface area contributed by atoms with Gasteiger partial charge in [0.15, 0.2) is 23.8 Å². The van der Waals surface area contributed by atoms with Crippen LogP contribution in [0.2, 0.25) is 0 Å². The van der Waals surface area contributed by atoms with Crippen molar-refractivity contribution < 1.29 is 74.2 Å². The predicted octanol–water partition coefficient (Wildman–Crippen LogP) is -6.41. The quantitative estimate of drug-likeness (QED) is 0.0481. The summed E-state index contributed by atoms with van der Waals surface area (Å²) in [5.41, 5.74) is 9.55. The van der Waals surface area contributed by atoms with Crippen LogP contribution in [0.15, 0.2) is 0 Å². The number of hydrogen-bond donors (Lipinski definition) is 10. The number of ether oxygens (including phenoxy) is 3. The molecule has 0 aliphatic rings. The van der Waals surface area contributed by atoms with E-state index in [1.54, 1.807) is 0 Å². The first kappa shape index (κ1) is 36.8. The third kappa shape index (κ3) is 14.2. The molecule has 0 spiro atoms. The molecule has 0 fully saturated rings. The van der Waals surface area contributed by atoms with E-state index in [9.17, 15) is 60.0 Å². The lowest BCUT2D eigenvalue weighted by Crippen LogP contribution is -2.51. The summed E-state index contributed by atoms with van der Waals surface area (Å²) >= 11 is 0. The van der Waals surface area contributed by atoms with E-state index in [0.29, 0.717) is 0 Å². The zero-order valence-corrected chi connectivity index (χ0v) is 21.3. The van der Waals surface area contributed by atoms with E-state index in [2.05, 4.69) is 0 Å². The van der Waals surface area contributed by atoms with Crippen molar-refractivity contribution >= 4 is 23.4 Å². The molecule has 8 atom stereocenters. The topological polar surface area (TPSA) is 310 Å². The number of Topliss-reactive ketones (excluding diaryl/α,β-unsaturated/α-hetero) is 2. The number of carbonyl (C=O) groups is 4. The molecule has 12 N–H and O–H groups in total. The van der Waals surface area contributed by atoms with Crippen molar-refractivity contribution in [1.29, 1.82) is 0 Å². The van der Waals surface area contributed by atoms with Crippen LogP contribution < -0.4 is 11.5 Å². The zero-order valence-electron chi connectivity index (χ0n) is 21.3. The lowest BCUT2D eigenvalue weighted by molar-refractivity contribution is -0.152. The van der Waals surface area contributed by atoms with E-state index in [0.717, 1.165) is 0 Å². The average molecular weight is 573 g/mol. The highest BCUT2D eigenvalue weighted by molar-refractivity contribution is 5.84. The maximum Gasteiger partial charge on any atom is 0.249 e. The third-order valence-corrected chi connectivity index (χ3v) is 5.40. The van der Waals surface area contributed by atoms with Gasteiger partial charge in [0.25, 0.3) is 0 Å². The summed E-state index contributed by atoms with van der Waals surface area (Å²) < 4.78 is 15.7. The van der Waals surface area contributed by atoms with Crippen molar-refractivity contribution in [2.45, 2.75) is 74.5 Å². The molecule has 0 aromatic rings. The number of amides is 2. The van der Waals surface area contributed by atoms with Crippen LogP contribution in [0.4, 0.5) is 0 Å². The molecular formula is C22H40N2O15. The Kier molecular flexibility index (Phi) is 18.7. The van der Waals surface area contributed by atoms with Crippen molar-refractivity contribution in [3.8, 4) is 0 Å². The number of rotatable bonds is 24. The molecular weight excluding hydrogens is 532 g/mol. The van der Waals surface area contributed by atoms with Crippen molar-refractivity contribution in [2.24, 2.45) is 11.5 Å². The van der Waals surface area contributed by atoms with Gasteiger partial charge in [-0.1, -0.05) is 0 Å². The maximum atomic E-state index is 11.8. The average Bonchev–Trinajstić information content (AvgIpc) is 2.91. The number of aliphatic hydroxyl groups is 8. The Hall–Kier alpha value is -2.16. The van der Waals surface area contributed by atoms with Crippen LogP contribution >= 0.6 is 0 Å². The monoisotopic (exact) mass is 572 g/mol. The summed E-state index contributed by atoms with van der Waals surface area (Å²) in [6, 6.07) is 0. The molecule has 228 valence electrons. The largest absolute Gasteiger partial charge is 0.387 e. The summed E-state index contributed by atoms with van der Waals surface area (Å²) in [5.74, 6) is -4.31. The number of carbonyl (C=O) groups excluding carboxylic acids is 4. The molecule has 0 aromatic heterocycles. The van der Waals surface area contributed by atoms with Gasteiger partial charge in [0.1, 0.15) is 36.6 Å². The van der Waals surface area contributed by atoms with E-state index in [1.807, 2.05) is 0 Å². The van der Waals surface area contributed by atoms with Gasteiger partial charge in [0.05, 0.1) is 26.4 Å². The Labute approximate surface area is 223 Å². The fourth-order valence-electron chi connectivity index (χ4n) is 3.00. The number of aliphatic hydroxyl groups excluding tert-OH is 8. The maximum absolute atomic E-state index is 11.8. The Balaban J connectivity index is 3.82. The van der Waals surface area contributed by atoms with Crippen LogP contribution in [-0.2, 0) is 33.4 Å². The predicted molar refractivity (Wildman–Crippen MR) is 127 cm³/mol. The van der Waals surface area contributed by atoms with Gasteiger partial charge in [0.2, 0.25) is 11.8 Å². The van der Waals surface area contributed by atoms with Gasteiger partial charge in [-0.15, -0.1) is 0 Å². The van der Waals surface area contributed by atoms with Crippen LogP contribution in [0.5, 0.6) is 0 Å². The first-order chi connectivity index (χ1) is 18.2. The number of hydrogen-bond acceptors (Lipinski definition) is 15. The number of primary amides is 2. The molecule has 39 heavy (non-hydrogen) atoms. The highest BCUT2D eigenvalue weighted by Gasteiger charge is 2.37. The second kappa shape index (κ2) is 19.8. The Morgan fingerprint density at radius 3 is 1.00 bits per heavy atom. The zero-order chi connectivity index (χ0) is 30.1. The molecule has 0 unspecified atom stereocenters. The van der Waals surface area contributed by atoms with E-state index in [4.69, 9.17) is 25.7 Å². The minimum Gasteiger partial charge on any atom is -0.387 e. The SMILES string of the molecule is NC(=O)[C@@H](O)[C@@H](O)[C@H](O)[C@@H](O)C(=O)CCCOCCOCCOCCCC(=O)[C@H](O)[C@@H](O)[C@H](O)[C@H](O)C(N)=O. The molecule has 0 bridgehead atoms. The molecule has 0 aliphatic carbocycles. The van der Waals surface area contributed by atoms with Gasteiger partial charge < -0.3 is 66.5 Å². The van der Waals surface area contributed by atoms with E-state index >= 15 is 0 Å². The van der Waals surface area contributed by atoms with E-state index in [-0.39, 0.29) is 65.3 Å². The summed E-state index contributed by atoms with van der Waals surface area (Å²) in [7, 11) is 0. The normalized spacial score (nSPS) is 17.8. The van der Waals surface area contributed by atoms with Gasteiger partial charge in [-0.3, -0.25) is 19.2 Å². The van der Waals surface area contributed by atoms with Crippen molar-refractivity contribution in [3.05, 3.63) is 0 Å². The fraction of sp³-hybridized carbons (Fsp3) is 0.818. The van der Waals surface area contributed by atoms with Gasteiger partial charge >= 0.3 is 0 Å². The second-order valence-electron chi connectivity index (χ2n) is 8.52. The summed E-state index contributed by atoms with van der Waals surface area (Å²) in [5, 5.41) is 76.4. The van der Waals surface area contributed by atoms with Crippen molar-refractivity contribution in [2.75, 3.05) is 39.6 Å². The molecule has 0 rings (SSSR count). The molecule has 0 radical (unpaired) electrons. The van der Waals surface area contributed by atoms with Gasteiger partial charge in [-0.25, -0.2) is 0 Å². The smallest absolute Gasteiger partial charge is 0.249 e. The molecule has 17 heteroatoms. The Morgan fingerprint density at radius 1 is 0.462 bits per heavy atom. The van der Waals surface area contributed by atoms with Crippen LogP contribution in [0.25, 0.3) is 0 Å². The molecule has 0 aliphatic heterocycles. The molecule has 17 nitrogen and oxygen atoms in total. The first-order valence-corrected chi connectivity index (χ1v) is 12.1. The minimum absolute atomic E-state index is 0.119. The van der Waals surface area contributed by atoms with Crippen LogP contribution in [0.3, 0.4) is 0 Å². The molecule has 0 heterocycles. The Bertz CT molecular complexity index is 695. The van der Waals surface area contributed by atoms with E-state index in [1.165, 1.54) is 0 Å². The lowest BCUT2D eigenvalue weighted by Gasteiger charge is -2.24. The van der Waals surface area contributed by atoms with Gasteiger partial charge in [-0.2, -0.15) is 0 Å². The second-order valence-corrected chi connectivity index (χ2v) is 8.52. The molecule has 0 saturated heterocycles. The summed E-state index contributed by atoms with van der Waals surface area (Å²) in [6.45, 7) is 0.972. The van der Waals surface area contributed by atoms with Crippen LogP contribution in [-0.4, -0.2) is 153 Å². The van der Waals surface area contributed by atoms with Crippen LogP contribution in [0.1, 0.15) is 25.7 Å². The summed E-state index contributed by atoms with van der Waals surface area (Å²) in [4.78, 5) is 45.3. The highest BCUT2D eigenvalue weighted by Crippen LogP contribution is 2.10. The third-order valence-electron chi connectivity index (χ3n) is 5.40. The van der Waals surface area contributed by atoms with Crippen LogP contribution in [0, 0.1) is 0 Å². The van der Waals surface area contributed by atoms with E-state index < -0.39 is 72.2 Å². The summed E-state index contributed by atoms with van der Waals surface area (Å²) in [6.07, 6.45) is -16.8. The molecule has 0 aromatic carbocycles. The Morgan fingerprint density at radius 2 is 0.718 bits per heavy atom. The fourth-order valence-corrected chi connectivity index (χ4v) is 3.00. The number of ketones is 2. The first-order valence-electron chi connectivity index (χ1n) is 12.1. The molecule has 0 saturated carbocycles. The van der Waals surface area contributed by atoms with Crippen molar-refractivity contribution in [3.63, 3.8) is 0 Å². The molecule has 2 amide bonds.